The van der Waals surface area contributed by atoms with Crippen LogP contribution in [-0.2, 0) is 4.79 Å². The van der Waals surface area contributed by atoms with Crippen molar-refractivity contribution in [3.63, 3.8) is 0 Å². The van der Waals surface area contributed by atoms with Gasteiger partial charge in [-0.15, -0.1) is 0 Å². The van der Waals surface area contributed by atoms with Gasteiger partial charge in [0.05, 0.1) is 0 Å². The zero-order chi connectivity index (χ0) is 15.5. The second-order valence-corrected chi connectivity index (χ2v) is 6.67. The molecular formula is C17H35N3O. The van der Waals surface area contributed by atoms with Gasteiger partial charge in [-0.3, -0.25) is 9.69 Å². The summed E-state index contributed by atoms with van der Waals surface area (Å²) in [5.41, 5.74) is 0. The topological polar surface area (TPSA) is 35.6 Å². The molecule has 0 aromatic heterocycles. The Kier molecular flexibility index (Phi) is 9.68. The molecule has 1 fully saturated rings. The summed E-state index contributed by atoms with van der Waals surface area (Å²) in [7, 11) is 1.98. The fourth-order valence-corrected chi connectivity index (χ4v) is 2.86. The second-order valence-electron chi connectivity index (χ2n) is 6.67. The van der Waals surface area contributed by atoms with Crippen molar-refractivity contribution in [2.75, 3.05) is 46.3 Å². The predicted molar refractivity (Wildman–Crippen MR) is 89.5 cm³/mol. The van der Waals surface area contributed by atoms with Crippen molar-refractivity contribution in [2.24, 2.45) is 5.92 Å². The SMILES string of the molecule is CNCCCCCC(=O)N1CCN(CCCC(C)C)CC1. The molecule has 1 saturated heterocycles. The van der Waals surface area contributed by atoms with E-state index < -0.39 is 0 Å². The highest BCUT2D eigenvalue weighted by atomic mass is 16.2. The number of unbranched alkanes of at least 4 members (excludes halogenated alkanes) is 2. The van der Waals surface area contributed by atoms with Crippen LogP contribution in [0, 0.1) is 5.92 Å². The van der Waals surface area contributed by atoms with Gasteiger partial charge in [0, 0.05) is 32.6 Å². The molecule has 0 aliphatic carbocycles. The lowest BCUT2D eigenvalue weighted by atomic mass is 10.1. The van der Waals surface area contributed by atoms with E-state index in [9.17, 15) is 4.79 Å². The fourth-order valence-electron chi connectivity index (χ4n) is 2.86. The van der Waals surface area contributed by atoms with E-state index in [4.69, 9.17) is 0 Å². The Morgan fingerprint density at radius 2 is 1.76 bits per heavy atom. The van der Waals surface area contributed by atoms with Gasteiger partial charge in [-0.05, 0) is 51.7 Å². The van der Waals surface area contributed by atoms with Crippen LogP contribution in [0.1, 0.15) is 52.4 Å². The smallest absolute Gasteiger partial charge is 0.222 e. The molecule has 4 nitrogen and oxygen atoms in total. The largest absolute Gasteiger partial charge is 0.340 e. The molecule has 0 atom stereocenters. The van der Waals surface area contributed by atoms with E-state index in [-0.39, 0.29) is 0 Å². The Balaban J connectivity index is 2.07. The molecular weight excluding hydrogens is 262 g/mol. The van der Waals surface area contributed by atoms with Crippen molar-refractivity contribution in [3.05, 3.63) is 0 Å². The molecule has 124 valence electrons. The number of piperazine rings is 1. The zero-order valence-electron chi connectivity index (χ0n) is 14.4. The maximum atomic E-state index is 12.1. The van der Waals surface area contributed by atoms with Gasteiger partial charge in [0.2, 0.25) is 5.91 Å². The monoisotopic (exact) mass is 297 g/mol. The number of hydrogen-bond donors (Lipinski definition) is 1. The normalized spacial score (nSPS) is 16.7. The Bertz CT molecular complexity index is 273. The van der Waals surface area contributed by atoms with Crippen LogP contribution in [0.2, 0.25) is 0 Å². The lowest BCUT2D eigenvalue weighted by Crippen LogP contribution is -2.48. The predicted octanol–water partition coefficient (Wildman–Crippen LogP) is 2.35. The maximum absolute atomic E-state index is 12.1. The van der Waals surface area contributed by atoms with Crippen LogP contribution in [0.3, 0.4) is 0 Å². The van der Waals surface area contributed by atoms with E-state index in [1.807, 2.05) is 7.05 Å². The van der Waals surface area contributed by atoms with Crippen LogP contribution in [0.4, 0.5) is 0 Å². The number of carbonyl (C=O) groups is 1. The number of amides is 1. The number of rotatable bonds is 10. The van der Waals surface area contributed by atoms with Crippen LogP contribution >= 0.6 is 0 Å². The van der Waals surface area contributed by atoms with Gasteiger partial charge in [0.15, 0.2) is 0 Å². The first-order valence-electron chi connectivity index (χ1n) is 8.78. The molecule has 1 aliphatic heterocycles. The molecule has 0 bridgehead atoms. The molecule has 1 amide bonds. The summed E-state index contributed by atoms with van der Waals surface area (Å²) < 4.78 is 0. The Morgan fingerprint density at radius 1 is 1.05 bits per heavy atom. The van der Waals surface area contributed by atoms with E-state index in [2.05, 4.69) is 29.0 Å². The highest BCUT2D eigenvalue weighted by Gasteiger charge is 2.20. The van der Waals surface area contributed by atoms with Crippen LogP contribution < -0.4 is 5.32 Å². The average Bonchev–Trinajstić information content (AvgIpc) is 2.47. The van der Waals surface area contributed by atoms with Gasteiger partial charge >= 0.3 is 0 Å². The van der Waals surface area contributed by atoms with Gasteiger partial charge in [0.1, 0.15) is 0 Å². The Hall–Kier alpha value is -0.610. The van der Waals surface area contributed by atoms with Crippen molar-refractivity contribution < 1.29 is 4.79 Å². The average molecular weight is 297 g/mol. The number of carbonyl (C=O) groups excluding carboxylic acids is 1. The van der Waals surface area contributed by atoms with Crippen molar-refractivity contribution in [3.8, 4) is 0 Å². The van der Waals surface area contributed by atoms with Gasteiger partial charge in [-0.2, -0.15) is 0 Å². The first-order valence-corrected chi connectivity index (χ1v) is 8.78. The number of nitrogens with one attached hydrogen (secondary N) is 1. The molecule has 4 heteroatoms. The van der Waals surface area contributed by atoms with Crippen molar-refractivity contribution in [1.82, 2.24) is 15.1 Å². The first kappa shape index (κ1) is 18.4. The fraction of sp³-hybridized carbons (Fsp3) is 0.941. The maximum Gasteiger partial charge on any atom is 0.222 e. The summed E-state index contributed by atoms with van der Waals surface area (Å²) in [6, 6.07) is 0. The third-order valence-electron chi connectivity index (χ3n) is 4.30. The van der Waals surface area contributed by atoms with Crippen molar-refractivity contribution in [2.45, 2.75) is 52.4 Å². The summed E-state index contributed by atoms with van der Waals surface area (Å²) in [5.74, 6) is 1.16. The van der Waals surface area contributed by atoms with Crippen LogP contribution in [0.5, 0.6) is 0 Å². The quantitative estimate of drug-likeness (QED) is 0.629. The minimum Gasteiger partial charge on any atom is -0.340 e. The summed E-state index contributed by atoms with van der Waals surface area (Å²) >= 11 is 0. The first-order chi connectivity index (χ1) is 10.1. The molecule has 0 radical (unpaired) electrons. The van der Waals surface area contributed by atoms with Gasteiger partial charge in [0.25, 0.3) is 0 Å². The Labute approximate surface area is 131 Å². The third-order valence-corrected chi connectivity index (χ3v) is 4.30. The van der Waals surface area contributed by atoms with E-state index in [1.165, 1.54) is 25.8 Å². The van der Waals surface area contributed by atoms with Gasteiger partial charge in [-0.1, -0.05) is 20.3 Å². The molecule has 1 heterocycles. The van der Waals surface area contributed by atoms with Crippen LogP contribution in [0.25, 0.3) is 0 Å². The molecule has 21 heavy (non-hydrogen) atoms. The highest BCUT2D eigenvalue weighted by molar-refractivity contribution is 5.76. The molecule has 0 aromatic carbocycles. The lowest BCUT2D eigenvalue weighted by molar-refractivity contribution is -0.133. The molecule has 0 spiro atoms. The molecule has 1 rings (SSSR count). The summed E-state index contributed by atoms with van der Waals surface area (Å²) in [5, 5.41) is 3.15. The van der Waals surface area contributed by atoms with Crippen molar-refractivity contribution in [1.29, 1.82) is 0 Å². The summed E-state index contributed by atoms with van der Waals surface area (Å²) in [6.45, 7) is 10.8. The molecule has 0 unspecified atom stereocenters. The standard InChI is InChI=1S/C17H35N3O/c1-16(2)8-7-11-19-12-14-20(15-13-19)17(21)9-5-4-6-10-18-3/h16,18H,4-15H2,1-3H3. The van der Waals surface area contributed by atoms with Crippen LogP contribution in [0.15, 0.2) is 0 Å². The second kappa shape index (κ2) is 11.0. The minimum atomic E-state index is 0.362. The van der Waals surface area contributed by atoms with Crippen LogP contribution in [-0.4, -0.2) is 62.0 Å². The summed E-state index contributed by atoms with van der Waals surface area (Å²) in [4.78, 5) is 16.7. The van der Waals surface area contributed by atoms with E-state index in [1.54, 1.807) is 0 Å². The number of hydrogen-bond acceptors (Lipinski definition) is 3. The van der Waals surface area contributed by atoms with Crippen molar-refractivity contribution >= 4 is 5.91 Å². The van der Waals surface area contributed by atoms with Gasteiger partial charge in [-0.25, -0.2) is 0 Å². The van der Waals surface area contributed by atoms with E-state index >= 15 is 0 Å². The molecule has 0 saturated carbocycles. The van der Waals surface area contributed by atoms with E-state index in [0.717, 1.165) is 57.9 Å². The van der Waals surface area contributed by atoms with E-state index in [0.29, 0.717) is 5.91 Å². The number of nitrogens with zero attached hydrogens (tertiary/aromatic N) is 2. The zero-order valence-corrected chi connectivity index (χ0v) is 14.4. The molecule has 1 aliphatic rings. The third kappa shape index (κ3) is 8.42. The van der Waals surface area contributed by atoms with Gasteiger partial charge < -0.3 is 10.2 Å². The minimum absolute atomic E-state index is 0.362. The lowest BCUT2D eigenvalue weighted by Gasteiger charge is -2.35. The molecule has 0 aromatic rings. The molecule has 1 N–H and O–H groups in total. The highest BCUT2D eigenvalue weighted by Crippen LogP contribution is 2.10. The summed E-state index contributed by atoms with van der Waals surface area (Å²) in [6.07, 6.45) is 6.70. The Morgan fingerprint density at radius 3 is 2.38 bits per heavy atom.